The number of rotatable bonds is 4. The Labute approximate surface area is 98.7 Å². The van der Waals surface area contributed by atoms with Gasteiger partial charge < -0.3 is 4.74 Å². The molecule has 0 bridgehead atoms. The summed E-state index contributed by atoms with van der Waals surface area (Å²) >= 11 is 0. The van der Waals surface area contributed by atoms with Crippen LogP contribution in [0.4, 0.5) is 0 Å². The number of nitrogens with zero attached hydrogens (tertiary/aromatic N) is 4. The quantitative estimate of drug-likeness (QED) is 0.790. The molecule has 5 nitrogen and oxygen atoms in total. The Bertz CT molecular complexity index is 522. The molecule has 0 aliphatic rings. The van der Waals surface area contributed by atoms with Gasteiger partial charge in [-0.15, -0.1) is 0 Å². The summed E-state index contributed by atoms with van der Waals surface area (Å²) < 4.78 is 5.42. The summed E-state index contributed by atoms with van der Waals surface area (Å²) in [5.41, 5.74) is 1.65. The van der Waals surface area contributed by atoms with Crippen LogP contribution in [0.25, 0.3) is 0 Å². The molecule has 0 fully saturated rings. The number of hydrogen-bond donors (Lipinski definition) is 0. The van der Waals surface area contributed by atoms with E-state index in [-0.39, 0.29) is 12.4 Å². The Hall–Kier alpha value is -2.48. The number of hydrogen-bond acceptors (Lipinski definition) is 5. The number of ether oxygens (including phenoxy) is 1. The van der Waals surface area contributed by atoms with Gasteiger partial charge in [-0.2, -0.15) is 10.2 Å². The SMILES string of the molecule is N#CCc1ccnc(OCc2ccncc2)n1. The minimum absolute atomic E-state index is 0.258. The van der Waals surface area contributed by atoms with Gasteiger partial charge in [0.25, 0.3) is 0 Å². The monoisotopic (exact) mass is 226 g/mol. The summed E-state index contributed by atoms with van der Waals surface area (Å²) in [7, 11) is 0. The Morgan fingerprint density at radius 1 is 1.18 bits per heavy atom. The molecule has 2 aromatic rings. The fourth-order valence-electron chi connectivity index (χ4n) is 1.25. The molecule has 2 aromatic heterocycles. The molecule has 0 saturated heterocycles. The van der Waals surface area contributed by atoms with E-state index in [1.54, 1.807) is 24.7 Å². The van der Waals surface area contributed by atoms with E-state index in [0.29, 0.717) is 12.3 Å². The summed E-state index contributed by atoms with van der Waals surface area (Å²) in [6.07, 6.45) is 5.24. The average Bonchev–Trinajstić information content (AvgIpc) is 2.39. The van der Waals surface area contributed by atoms with Crippen LogP contribution in [-0.4, -0.2) is 15.0 Å². The van der Waals surface area contributed by atoms with E-state index in [2.05, 4.69) is 15.0 Å². The van der Waals surface area contributed by atoms with E-state index in [4.69, 9.17) is 10.00 Å². The summed E-state index contributed by atoms with van der Waals surface area (Å²) in [5, 5.41) is 8.56. The first-order valence-electron chi connectivity index (χ1n) is 5.09. The van der Waals surface area contributed by atoms with Gasteiger partial charge in [-0.1, -0.05) is 0 Å². The molecular formula is C12H10N4O. The van der Waals surface area contributed by atoms with Gasteiger partial charge in [0.05, 0.1) is 18.2 Å². The van der Waals surface area contributed by atoms with Crippen LogP contribution in [-0.2, 0) is 13.0 Å². The summed E-state index contributed by atoms with van der Waals surface area (Å²) in [4.78, 5) is 12.0. The number of nitriles is 1. The minimum Gasteiger partial charge on any atom is -0.459 e. The number of aromatic nitrogens is 3. The van der Waals surface area contributed by atoms with Crippen LogP contribution in [0.3, 0.4) is 0 Å². The molecule has 0 aromatic carbocycles. The predicted octanol–water partition coefficient (Wildman–Crippen LogP) is 1.52. The van der Waals surface area contributed by atoms with Crippen LogP contribution < -0.4 is 4.74 Å². The van der Waals surface area contributed by atoms with E-state index < -0.39 is 0 Å². The normalized spacial score (nSPS) is 9.59. The lowest BCUT2D eigenvalue weighted by Crippen LogP contribution is -2.01. The van der Waals surface area contributed by atoms with Gasteiger partial charge >= 0.3 is 6.01 Å². The molecule has 0 atom stereocenters. The fraction of sp³-hybridized carbons (Fsp3) is 0.167. The fourth-order valence-corrected chi connectivity index (χ4v) is 1.25. The van der Waals surface area contributed by atoms with E-state index in [9.17, 15) is 0 Å². The molecule has 84 valence electrons. The molecule has 0 spiro atoms. The Morgan fingerprint density at radius 3 is 2.76 bits per heavy atom. The molecule has 0 unspecified atom stereocenters. The Balaban J connectivity index is 2.00. The van der Waals surface area contributed by atoms with E-state index in [1.807, 2.05) is 18.2 Å². The predicted molar refractivity (Wildman–Crippen MR) is 59.9 cm³/mol. The molecule has 2 heterocycles. The van der Waals surface area contributed by atoms with Crippen LogP contribution >= 0.6 is 0 Å². The van der Waals surface area contributed by atoms with E-state index in [0.717, 1.165) is 5.56 Å². The smallest absolute Gasteiger partial charge is 0.316 e. The topological polar surface area (TPSA) is 71.7 Å². The van der Waals surface area contributed by atoms with Crippen LogP contribution in [0, 0.1) is 11.3 Å². The lowest BCUT2D eigenvalue weighted by atomic mass is 10.3. The van der Waals surface area contributed by atoms with Crippen molar-refractivity contribution in [1.29, 1.82) is 5.26 Å². The van der Waals surface area contributed by atoms with Gasteiger partial charge in [-0.3, -0.25) is 4.98 Å². The molecule has 2 rings (SSSR count). The van der Waals surface area contributed by atoms with Crippen molar-refractivity contribution >= 4 is 0 Å². The third kappa shape index (κ3) is 3.24. The van der Waals surface area contributed by atoms with Crippen molar-refractivity contribution < 1.29 is 4.74 Å². The van der Waals surface area contributed by atoms with Crippen molar-refractivity contribution in [2.75, 3.05) is 0 Å². The van der Waals surface area contributed by atoms with Crippen LogP contribution in [0.15, 0.2) is 36.8 Å². The summed E-state index contributed by atoms with van der Waals surface area (Å²) in [6, 6.07) is 7.73. The maximum absolute atomic E-state index is 8.56. The highest BCUT2D eigenvalue weighted by Crippen LogP contribution is 2.06. The zero-order valence-corrected chi connectivity index (χ0v) is 9.08. The van der Waals surface area contributed by atoms with Crippen molar-refractivity contribution in [3.05, 3.63) is 48.0 Å². The Morgan fingerprint density at radius 2 is 2.00 bits per heavy atom. The standard InChI is InChI=1S/C12H10N4O/c13-5-1-11-4-8-15-12(16-11)17-9-10-2-6-14-7-3-10/h2-4,6-8H,1,9H2. The zero-order valence-electron chi connectivity index (χ0n) is 9.08. The second-order valence-electron chi connectivity index (χ2n) is 3.31. The van der Waals surface area contributed by atoms with E-state index in [1.165, 1.54) is 0 Å². The van der Waals surface area contributed by atoms with Crippen molar-refractivity contribution in [2.24, 2.45) is 0 Å². The second-order valence-corrected chi connectivity index (χ2v) is 3.31. The van der Waals surface area contributed by atoms with Crippen LogP contribution in [0.5, 0.6) is 6.01 Å². The third-order valence-electron chi connectivity index (χ3n) is 2.07. The highest BCUT2D eigenvalue weighted by atomic mass is 16.5. The molecule has 0 N–H and O–H groups in total. The minimum atomic E-state index is 0.258. The summed E-state index contributed by atoms with van der Waals surface area (Å²) in [6.45, 7) is 0.387. The van der Waals surface area contributed by atoms with Gasteiger partial charge in [0.1, 0.15) is 6.61 Å². The largest absolute Gasteiger partial charge is 0.459 e. The lowest BCUT2D eigenvalue weighted by Gasteiger charge is -2.04. The molecule has 5 heteroatoms. The van der Waals surface area contributed by atoms with E-state index >= 15 is 0 Å². The summed E-state index contributed by atoms with van der Waals surface area (Å²) in [5.74, 6) is 0. The van der Waals surface area contributed by atoms with Gasteiger partial charge in [0.2, 0.25) is 0 Å². The first kappa shape index (κ1) is 11.0. The molecular weight excluding hydrogens is 216 g/mol. The maximum atomic E-state index is 8.56. The molecule has 17 heavy (non-hydrogen) atoms. The third-order valence-corrected chi connectivity index (χ3v) is 2.07. The maximum Gasteiger partial charge on any atom is 0.316 e. The number of pyridine rings is 1. The van der Waals surface area contributed by atoms with Crippen molar-refractivity contribution in [3.63, 3.8) is 0 Å². The van der Waals surface area contributed by atoms with Crippen LogP contribution in [0.2, 0.25) is 0 Å². The molecule has 0 amide bonds. The van der Waals surface area contributed by atoms with Gasteiger partial charge in [0.15, 0.2) is 0 Å². The first-order chi connectivity index (χ1) is 8.38. The van der Waals surface area contributed by atoms with Crippen LogP contribution in [0.1, 0.15) is 11.3 Å². The van der Waals surface area contributed by atoms with Gasteiger partial charge in [-0.25, -0.2) is 4.98 Å². The highest BCUT2D eigenvalue weighted by molar-refractivity contribution is 5.11. The van der Waals surface area contributed by atoms with Crippen molar-refractivity contribution in [1.82, 2.24) is 15.0 Å². The average molecular weight is 226 g/mol. The molecule has 0 radical (unpaired) electrons. The first-order valence-corrected chi connectivity index (χ1v) is 5.09. The van der Waals surface area contributed by atoms with Crippen molar-refractivity contribution in [2.45, 2.75) is 13.0 Å². The zero-order chi connectivity index (χ0) is 11.9. The second kappa shape index (κ2) is 5.56. The molecule has 0 saturated carbocycles. The lowest BCUT2D eigenvalue weighted by molar-refractivity contribution is 0.279. The van der Waals surface area contributed by atoms with Gasteiger partial charge in [0, 0.05) is 18.6 Å². The molecule has 0 aliphatic heterocycles. The highest BCUT2D eigenvalue weighted by Gasteiger charge is 2.00. The molecule has 0 aliphatic carbocycles. The van der Waals surface area contributed by atoms with Crippen molar-refractivity contribution in [3.8, 4) is 12.1 Å². The van der Waals surface area contributed by atoms with Gasteiger partial charge in [-0.05, 0) is 23.8 Å². The Kier molecular flexibility index (Phi) is 3.61.